The third kappa shape index (κ3) is 5.10. The molecule has 150 valence electrons. The van der Waals surface area contributed by atoms with Crippen molar-refractivity contribution in [3.05, 3.63) is 54.6 Å². The molecule has 2 N–H and O–H groups in total. The molecular weight excluding hydrogens is 378 g/mol. The van der Waals surface area contributed by atoms with Crippen LogP contribution in [0.15, 0.2) is 54.6 Å². The van der Waals surface area contributed by atoms with Gasteiger partial charge in [-0.25, -0.2) is 9.59 Å². The number of benzene rings is 2. The minimum absolute atomic E-state index is 0.0404. The number of anilines is 2. The summed E-state index contributed by atoms with van der Waals surface area (Å²) in [5.41, 5.74) is 1.06. The molecule has 0 aromatic heterocycles. The third-order valence-electron chi connectivity index (χ3n) is 4.05. The van der Waals surface area contributed by atoms with Gasteiger partial charge in [0.05, 0.1) is 12.2 Å². The van der Waals surface area contributed by atoms with Crippen molar-refractivity contribution < 1.29 is 28.7 Å². The van der Waals surface area contributed by atoms with E-state index in [2.05, 4.69) is 10.6 Å². The molecule has 0 saturated carbocycles. The summed E-state index contributed by atoms with van der Waals surface area (Å²) >= 11 is 0. The number of hydrogen-bond donors (Lipinski definition) is 2. The summed E-state index contributed by atoms with van der Waals surface area (Å²) in [5.74, 6) is -1.51. The number of imide groups is 1. The molecule has 9 heteroatoms. The minimum Gasteiger partial charge on any atom is -0.475 e. The average Bonchev–Trinajstić information content (AvgIpc) is 2.71. The van der Waals surface area contributed by atoms with Gasteiger partial charge in [0.1, 0.15) is 5.75 Å². The highest BCUT2D eigenvalue weighted by atomic mass is 16.6. The zero-order valence-electron chi connectivity index (χ0n) is 15.6. The molecule has 0 radical (unpaired) electrons. The Labute approximate surface area is 166 Å². The Kier molecular flexibility index (Phi) is 6.08. The van der Waals surface area contributed by atoms with Crippen LogP contribution >= 0.6 is 0 Å². The first-order chi connectivity index (χ1) is 13.9. The van der Waals surface area contributed by atoms with Crippen molar-refractivity contribution in [3.63, 3.8) is 0 Å². The highest BCUT2D eigenvalue weighted by Crippen LogP contribution is 2.33. The molecule has 4 amide bonds. The van der Waals surface area contributed by atoms with Gasteiger partial charge in [-0.3, -0.25) is 14.9 Å². The Morgan fingerprint density at radius 3 is 2.48 bits per heavy atom. The maximum absolute atomic E-state index is 12.3. The van der Waals surface area contributed by atoms with Gasteiger partial charge in [0, 0.05) is 12.6 Å². The van der Waals surface area contributed by atoms with Crippen LogP contribution < -0.4 is 20.3 Å². The lowest BCUT2D eigenvalue weighted by molar-refractivity contribution is -0.155. The Hall–Kier alpha value is -3.88. The van der Waals surface area contributed by atoms with Crippen molar-refractivity contribution in [1.29, 1.82) is 0 Å². The Bertz CT molecular complexity index is 931. The van der Waals surface area contributed by atoms with Crippen molar-refractivity contribution in [2.45, 2.75) is 13.0 Å². The van der Waals surface area contributed by atoms with Gasteiger partial charge < -0.3 is 19.7 Å². The summed E-state index contributed by atoms with van der Waals surface area (Å²) in [5, 5.41) is 4.53. The summed E-state index contributed by atoms with van der Waals surface area (Å²) in [6.45, 7) is 0.674. The maximum atomic E-state index is 12.3. The van der Waals surface area contributed by atoms with Gasteiger partial charge in [0.2, 0.25) is 12.0 Å². The van der Waals surface area contributed by atoms with Crippen molar-refractivity contribution >= 4 is 35.2 Å². The van der Waals surface area contributed by atoms with Crippen LogP contribution in [0.3, 0.4) is 0 Å². The standard InChI is InChI=1S/C20H19N3O6/c1-13(24)23-11-17(29-16-10-6-5-9-15(16)23)19(26)28-12-18(25)22-20(27)21-14-7-3-2-4-8-14/h2-10,17H,11-12H2,1H3,(H2,21,22,25,27)/t17-/m0/s1. The molecule has 0 aliphatic carbocycles. The second-order valence-corrected chi connectivity index (χ2v) is 6.18. The van der Waals surface area contributed by atoms with Gasteiger partial charge in [0.15, 0.2) is 6.61 Å². The predicted octanol–water partition coefficient (Wildman–Crippen LogP) is 1.69. The fourth-order valence-corrected chi connectivity index (χ4v) is 2.73. The van der Waals surface area contributed by atoms with Crippen LogP contribution in [0.25, 0.3) is 0 Å². The number of esters is 1. The molecule has 0 spiro atoms. The molecular formula is C20H19N3O6. The molecule has 9 nitrogen and oxygen atoms in total. The number of fused-ring (bicyclic) bond motifs is 1. The first kappa shape index (κ1) is 19.9. The summed E-state index contributed by atoms with van der Waals surface area (Å²) in [4.78, 5) is 49.2. The smallest absolute Gasteiger partial charge is 0.349 e. The number of urea groups is 1. The number of para-hydroxylation sites is 3. The average molecular weight is 397 g/mol. The van der Waals surface area contributed by atoms with Crippen LogP contribution in [0.1, 0.15) is 6.92 Å². The second-order valence-electron chi connectivity index (χ2n) is 6.18. The lowest BCUT2D eigenvalue weighted by atomic mass is 10.2. The fourth-order valence-electron chi connectivity index (χ4n) is 2.73. The number of nitrogens with zero attached hydrogens (tertiary/aromatic N) is 1. The number of carbonyl (C=O) groups excluding carboxylic acids is 4. The number of amides is 4. The molecule has 1 aliphatic rings. The van der Waals surface area contributed by atoms with Crippen molar-refractivity contribution in [2.24, 2.45) is 0 Å². The largest absolute Gasteiger partial charge is 0.475 e. The van der Waals surface area contributed by atoms with E-state index in [0.29, 0.717) is 17.1 Å². The van der Waals surface area contributed by atoms with Crippen LogP contribution in [0, 0.1) is 0 Å². The highest BCUT2D eigenvalue weighted by molar-refractivity contribution is 6.02. The first-order valence-corrected chi connectivity index (χ1v) is 8.80. The second kappa shape index (κ2) is 8.87. The molecule has 0 saturated heterocycles. The zero-order valence-corrected chi connectivity index (χ0v) is 15.6. The maximum Gasteiger partial charge on any atom is 0.349 e. The van der Waals surface area contributed by atoms with E-state index < -0.39 is 30.6 Å². The number of rotatable bonds is 4. The van der Waals surface area contributed by atoms with Crippen LogP contribution in [0.5, 0.6) is 5.75 Å². The quantitative estimate of drug-likeness (QED) is 0.759. The molecule has 1 heterocycles. The van der Waals surface area contributed by atoms with Gasteiger partial charge in [-0.15, -0.1) is 0 Å². The Balaban J connectivity index is 1.52. The van der Waals surface area contributed by atoms with Gasteiger partial charge in [-0.2, -0.15) is 0 Å². The van der Waals surface area contributed by atoms with Crippen LogP contribution in [0.4, 0.5) is 16.2 Å². The molecule has 2 aromatic carbocycles. The lowest BCUT2D eigenvalue weighted by Crippen LogP contribution is -2.47. The summed E-state index contributed by atoms with van der Waals surface area (Å²) in [6.07, 6.45) is -1.08. The topological polar surface area (TPSA) is 114 Å². The molecule has 0 fully saturated rings. The number of nitrogens with one attached hydrogen (secondary N) is 2. The van der Waals surface area contributed by atoms with E-state index in [4.69, 9.17) is 9.47 Å². The molecule has 29 heavy (non-hydrogen) atoms. The molecule has 2 aromatic rings. The van der Waals surface area contributed by atoms with E-state index in [-0.39, 0.29) is 12.5 Å². The summed E-state index contributed by atoms with van der Waals surface area (Å²) in [7, 11) is 0. The number of hydrogen-bond acceptors (Lipinski definition) is 6. The molecule has 1 aliphatic heterocycles. The molecule has 0 unspecified atom stereocenters. The fraction of sp³-hybridized carbons (Fsp3) is 0.200. The van der Waals surface area contributed by atoms with Crippen LogP contribution in [-0.4, -0.2) is 43.1 Å². The van der Waals surface area contributed by atoms with E-state index in [1.54, 1.807) is 54.6 Å². The number of ether oxygens (including phenoxy) is 2. The summed E-state index contributed by atoms with van der Waals surface area (Å²) < 4.78 is 10.5. The normalized spacial score (nSPS) is 14.8. The van der Waals surface area contributed by atoms with Gasteiger partial charge in [-0.05, 0) is 24.3 Å². The Morgan fingerprint density at radius 2 is 1.76 bits per heavy atom. The van der Waals surface area contributed by atoms with E-state index >= 15 is 0 Å². The molecule has 1 atom stereocenters. The third-order valence-corrected chi connectivity index (χ3v) is 4.05. The van der Waals surface area contributed by atoms with E-state index in [1.807, 2.05) is 0 Å². The van der Waals surface area contributed by atoms with Crippen LogP contribution in [-0.2, 0) is 19.1 Å². The van der Waals surface area contributed by atoms with Crippen molar-refractivity contribution in [3.8, 4) is 5.75 Å². The van der Waals surface area contributed by atoms with E-state index in [9.17, 15) is 19.2 Å². The Morgan fingerprint density at radius 1 is 1.07 bits per heavy atom. The SMILES string of the molecule is CC(=O)N1C[C@@H](C(=O)OCC(=O)NC(=O)Nc2ccccc2)Oc2ccccc21. The number of carbonyl (C=O) groups is 4. The van der Waals surface area contributed by atoms with E-state index in [1.165, 1.54) is 11.8 Å². The molecule has 0 bridgehead atoms. The highest BCUT2D eigenvalue weighted by Gasteiger charge is 2.33. The van der Waals surface area contributed by atoms with Gasteiger partial charge in [0.25, 0.3) is 5.91 Å². The predicted molar refractivity (Wildman–Crippen MR) is 103 cm³/mol. The lowest BCUT2D eigenvalue weighted by Gasteiger charge is -2.33. The van der Waals surface area contributed by atoms with E-state index in [0.717, 1.165) is 0 Å². The molecule has 3 rings (SSSR count). The summed E-state index contributed by atoms with van der Waals surface area (Å²) in [6, 6.07) is 14.6. The van der Waals surface area contributed by atoms with Crippen molar-refractivity contribution in [1.82, 2.24) is 5.32 Å². The van der Waals surface area contributed by atoms with Gasteiger partial charge >= 0.3 is 12.0 Å². The monoisotopic (exact) mass is 397 g/mol. The zero-order chi connectivity index (χ0) is 20.8. The minimum atomic E-state index is -1.08. The van der Waals surface area contributed by atoms with Crippen molar-refractivity contribution in [2.75, 3.05) is 23.4 Å². The van der Waals surface area contributed by atoms with Gasteiger partial charge in [-0.1, -0.05) is 30.3 Å². The first-order valence-electron chi connectivity index (χ1n) is 8.80. The van der Waals surface area contributed by atoms with Crippen LogP contribution in [0.2, 0.25) is 0 Å².